The van der Waals surface area contributed by atoms with Crippen LogP contribution in [0.3, 0.4) is 0 Å². The highest BCUT2D eigenvalue weighted by Gasteiger charge is 2.23. The average molecular weight is 303 g/mol. The normalized spacial score (nSPS) is 16.1. The van der Waals surface area contributed by atoms with Gasteiger partial charge in [0, 0.05) is 47.8 Å². The summed E-state index contributed by atoms with van der Waals surface area (Å²) in [5.74, 6) is 1.72. The van der Waals surface area contributed by atoms with Crippen LogP contribution in [0.25, 0.3) is 10.8 Å². The molecule has 1 N–H and O–H groups in total. The van der Waals surface area contributed by atoms with Gasteiger partial charge >= 0.3 is 0 Å². The lowest BCUT2D eigenvalue weighted by atomic mass is 10.1. The summed E-state index contributed by atoms with van der Waals surface area (Å²) in [6.45, 7) is 1.07. The van der Waals surface area contributed by atoms with Crippen LogP contribution in [0.2, 0.25) is 0 Å². The summed E-state index contributed by atoms with van der Waals surface area (Å²) in [5, 5.41) is 5.03. The molecule has 6 heteroatoms. The summed E-state index contributed by atoms with van der Waals surface area (Å²) >= 11 is 0. The smallest absolute Gasteiger partial charge is 0.272 e. The molecule has 2 heterocycles. The van der Waals surface area contributed by atoms with Crippen LogP contribution in [0.1, 0.15) is 10.5 Å². The highest BCUT2D eigenvalue weighted by atomic mass is 32.2. The Balaban J connectivity index is 1.96. The van der Waals surface area contributed by atoms with Crippen LogP contribution in [-0.4, -0.2) is 51.6 Å². The molecule has 0 radical (unpaired) electrons. The Bertz CT molecular complexity index is 707. The Hall–Kier alpha value is -1.95. The molecule has 1 aromatic carbocycles. The summed E-state index contributed by atoms with van der Waals surface area (Å²) in [6, 6.07) is 9.67. The Kier molecular flexibility index (Phi) is 3.88. The van der Waals surface area contributed by atoms with Crippen LogP contribution in [0.15, 0.2) is 30.3 Å². The number of benzene rings is 1. The van der Waals surface area contributed by atoms with Crippen LogP contribution >= 0.6 is 0 Å². The number of nitrogens with one attached hydrogen (secondary N) is 1. The molecule has 1 amide bonds. The summed E-state index contributed by atoms with van der Waals surface area (Å²) in [4.78, 5) is 18.7. The van der Waals surface area contributed by atoms with Crippen LogP contribution in [-0.2, 0) is 10.8 Å². The first-order valence-electron chi connectivity index (χ1n) is 6.91. The van der Waals surface area contributed by atoms with Crippen molar-refractivity contribution in [2.75, 3.05) is 37.0 Å². The van der Waals surface area contributed by atoms with E-state index < -0.39 is 10.8 Å². The maximum Gasteiger partial charge on any atom is 0.272 e. The monoisotopic (exact) mass is 303 g/mol. The molecule has 21 heavy (non-hydrogen) atoms. The number of pyridine rings is 1. The minimum absolute atomic E-state index is 0.0889. The molecule has 0 atom stereocenters. The maximum absolute atomic E-state index is 12.6. The number of amides is 1. The predicted octanol–water partition coefficient (Wildman–Crippen LogP) is 1.48. The van der Waals surface area contributed by atoms with Crippen molar-refractivity contribution in [2.45, 2.75) is 0 Å². The van der Waals surface area contributed by atoms with E-state index in [9.17, 15) is 9.00 Å². The number of anilines is 1. The van der Waals surface area contributed by atoms with E-state index in [4.69, 9.17) is 0 Å². The van der Waals surface area contributed by atoms with Crippen LogP contribution < -0.4 is 5.32 Å². The van der Waals surface area contributed by atoms with E-state index in [1.165, 1.54) is 0 Å². The first-order chi connectivity index (χ1) is 10.2. The van der Waals surface area contributed by atoms with Gasteiger partial charge in [0.2, 0.25) is 0 Å². The molecule has 1 saturated heterocycles. The fraction of sp³-hybridized carbons (Fsp3) is 0.333. The molecule has 0 saturated carbocycles. The second kappa shape index (κ2) is 5.81. The summed E-state index contributed by atoms with van der Waals surface area (Å²) in [5.41, 5.74) is 0.436. The number of hydrogen-bond acceptors (Lipinski definition) is 4. The number of nitrogens with zero attached hydrogens (tertiary/aromatic N) is 2. The fourth-order valence-electron chi connectivity index (χ4n) is 2.50. The Labute approximate surface area is 125 Å². The Morgan fingerprint density at radius 3 is 2.71 bits per heavy atom. The molecule has 0 bridgehead atoms. The zero-order valence-electron chi connectivity index (χ0n) is 11.8. The summed E-state index contributed by atoms with van der Waals surface area (Å²) < 4.78 is 11.4. The topological polar surface area (TPSA) is 62.3 Å². The third kappa shape index (κ3) is 2.76. The lowest BCUT2D eigenvalue weighted by Crippen LogP contribution is -2.42. The minimum atomic E-state index is -0.789. The van der Waals surface area contributed by atoms with Gasteiger partial charge in [-0.3, -0.25) is 9.00 Å². The third-order valence-electron chi connectivity index (χ3n) is 3.66. The van der Waals surface area contributed by atoms with Crippen molar-refractivity contribution in [3.05, 3.63) is 36.0 Å². The van der Waals surface area contributed by atoms with Crippen molar-refractivity contribution in [3.8, 4) is 0 Å². The molecule has 1 aliphatic heterocycles. The van der Waals surface area contributed by atoms with Crippen molar-refractivity contribution in [2.24, 2.45) is 0 Å². The quantitative estimate of drug-likeness (QED) is 0.913. The molecule has 110 valence electrons. The standard InChI is InChI=1S/C15H17N3O2S/c1-16-14-12-5-3-2-4-11(12)10-13(17-14)15(19)18-6-8-21(20)9-7-18/h2-5,10H,6-9H2,1H3,(H,16,17). The number of carbonyl (C=O) groups excluding carboxylic acids is 1. The first-order valence-corrected chi connectivity index (χ1v) is 8.39. The SMILES string of the molecule is CNc1nc(C(=O)N2CCS(=O)CC2)cc2ccccc12. The Morgan fingerprint density at radius 1 is 1.29 bits per heavy atom. The lowest BCUT2D eigenvalue weighted by molar-refractivity contribution is 0.0766. The molecule has 1 fully saturated rings. The van der Waals surface area contributed by atoms with Crippen molar-refractivity contribution in [1.29, 1.82) is 0 Å². The van der Waals surface area contributed by atoms with E-state index in [-0.39, 0.29) is 5.91 Å². The zero-order chi connectivity index (χ0) is 14.8. The zero-order valence-corrected chi connectivity index (χ0v) is 12.7. The molecule has 1 aliphatic rings. The van der Waals surface area contributed by atoms with E-state index in [2.05, 4.69) is 10.3 Å². The van der Waals surface area contributed by atoms with E-state index >= 15 is 0 Å². The largest absolute Gasteiger partial charge is 0.373 e. The van der Waals surface area contributed by atoms with Gasteiger partial charge in [-0.1, -0.05) is 24.3 Å². The molecule has 1 aromatic heterocycles. The second-order valence-corrected chi connectivity index (χ2v) is 6.66. The number of fused-ring (bicyclic) bond motifs is 1. The minimum Gasteiger partial charge on any atom is -0.373 e. The molecule has 2 aromatic rings. The molecule has 0 aliphatic carbocycles. The number of hydrogen-bond donors (Lipinski definition) is 1. The average Bonchev–Trinajstić information content (AvgIpc) is 2.53. The van der Waals surface area contributed by atoms with Crippen molar-refractivity contribution in [1.82, 2.24) is 9.88 Å². The van der Waals surface area contributed by atoms with Gasteiger partial charge in [0.15, 0.2) is 0 Å². The maximum atomic E-state index is 12.6. The molecule has 0 unspecified atom stereocenters. The molecule has 5 nitrogen and oxygen atoms in total. The van der Waals surface area contributed by atoms with Crippen LogP contribution in [0.4, 0.5) is 5.82 Å². The van der Waals surface area contributed by atoms with Gasteiger partial charge in [-0.05, 0) is 11.5 Å². The highest BCUT2D eigenvalue weighted by molar-refractivity contribution is 7.85. The van der Waals surface area contributed by atoms with E-state index in [1.807, 2.05) is 30.3 Å². The summed E-state index contributed by atoms with van der Waals surface area (Å²) in [7, 11) is 1.01. The van der Waals surface area contributed by atoms with Gasteiger partial charge in [0.1, 0.15) is 11.5 Å². The van der Waals surface area contributed by atoms with E-state index in [0.29, 0.717) is 36.1 Å². The van der Waals surface area contributed by atoms with Gasteiger partial charge in [-0.25, -0.2) is 4.98 Å². The van der Waals surface area contributed by atoms with Gasteiger partial charge in [-0.2, -0.15) is 0 Å². The van der Waals surface area contributed by atoms with Gasteiger partial charge in [-0.15, -0.1) is 0 Å². The first kappa shape index (κ1) is 14.0. The molecule has 3 rings (SSSR count). The fourth-order valence-corrected chi connectivity index (χ4v) is 3.55. The Morgan fingerprint density at radius 2 is 2.00 bits per heavy atom. The van der Waals surface area contributed by atoms with Crippen molar-refractivity contribution < 1.29 is 9.00 Å². The number of aromatic nitrogens is 1. The summed E-state index contributed by atoms with van der Waals surface area (Å²) in [6.07, 6.45) is 0. The molecule has 0 spiro atoms. The van der Waals surface area contributed by atoms with Crippen LogP contribution in [0.5, 0.6) is 0 Å². The van der Waals surface area contributed by atoms with E-state index in [0.717, 1.165) is 10.8 Å². The second-order valence-electron chi connectivity index (χ2n) is 4.97. The molecular formula is C15H17N3O2S. The highest BCUT2D eigenvalue weighted by Crippen LogP contribution is 2.23. The number of carbonyl (C=O) groups is 1. The van der Waals surface area contributed by atoms with Gasteiger partial charge < -0.3 is 10.2 Å². The third-order valence-corrected chi connectivity index (χ3v) is 4.94. The van der Waals surface area contributed by atoms with E-state index in [1.54, 1.807) is 11.9 Å². The van der Waals surface area contributed by atoms with Crippen LogP contribution in [0, 0.1) is 0 Å². The van der Waals surface area contributed by atoms with Crippen molar-refractivity contribution >= 4 is 33.3 Å². The lowest BCUT2D eigenvalue weighted by Gasteiger charge is -2.26. The number of rotatable bonds is 2. The van der Waals surface area contributed by atoms with Gasteiger partial charge in [0.25, 0.3) is 5.91 Å². The van der Waals surface area contributed by atoms with Crippen molar-refractivity contribution in [3.63, 3.8) is 0 Å². The van der Waals surface area contributed by atoms with Gasteiger partial charge in [0.05, 0.1) is 0 Å². The molecular weight excluding hydrogens is 286 g/mol. The predicted molar refractivity (Wildman–Crippen MR) is 85.1 cm³/mol.